The molecule has 1 aromatic heterocycles. The number of carbonyl (C=O) groups excluding carboxylic acids is 2. The molecule has 2 unspecified atom stereocenters. The van der Waals surface area contributed by atoms with Crippen molar-refractivity contribution >= 4 is 23.1 Å². The highest BCUT2D eigenvalue weighted by Gasteiger charge is 2.22. The van der Waals surface area contributed by atoms with Gasteiger partial charge in [-0.3, -0.25) is 9.59 Å². The Kier molecular flexibility index (Phi) is 4.16. The molecule has 0 aliphatic heterocycles. The molecule has 0 radical (unpaired) electrons. The van der Waals surface area contributed by atoms with Gasteiger partial charge in [-0.15, -0.1) is 0 Å². The van der Waals surface area contributed by atoms with E-state index < -0.39 is 12.2 Å². The van der Waals surface area contributed by atoms with Crippen molar-refractivity contribution in [3.8, 4) is 0 Å². The van der Waals surface area contributed by atoms with Crippen LogP contribution in [-0.4, -0.2) is 40.0 Å². The molecule has 0 bridgehead atoms. The highest BCUT2D eigenvalue weighted by Crippen LogP contribution is 2.28. The summed E-state index contributed by atoms with van der Waals surface area (Å²) in [6, 6.07) is 5.14. The number of amides is 1. The van der Waals surface area contributed by atoms with Gasteiger partial charge in [-0.25, -0.2) is 0 Å². The molecule has 2 atom stereocenters. The Bertz CT molecular complexity index is 635. The van der Waals surface area contributed by atoms with Gasteiger partial charge in [0.05, 0.1) is 0 Å². The number of fused-ring (bicyclic) bond motifs is 1. The molecule has 0 saturated heterocycles. The van der Waals surface area contributed by atoms with Gasteiger partial charge in [-0.05, 0) is 11.6 Å². The summed E-state index contributed by atoms with van der Waals surface area (Å²) in [5.74, 6) is -0.287. The van der Waals surface area contributed by atoms with Crippen molar-refractivity contribution in [1.82, 2.24) is 10.3 Å². The molecule has 2 aromatic rings. The summed E-state index contributed by atoms with van der Waals surface area (Å²) in [4.78, 5) is 24.8. The predicted octanol–water partition coefficient (Wildman–Crippen LogP) is 0.511. The van der Waals surface area contributed by atoms with Crippen molar-refractivity contribution in [2.45, 2.75) is 19.1 Å². The van der Waals surface area contributed by atoms with Crippen LogP contribution in [0.15, 0.2) is 24.4 Å². The summed E-state index contributed by atoms with van der Waals surface area (Å²) in [6.07, 6.45) is -0.109. The Morgan fingerprint density at radius 3 is 2.85 bits per heavy atom. The second kappa shape index (κ2) is 5.85. The zero-order chi connectivity index (χ0) is 14.7. The van der Waals surface area contributed by atoms with E-state index in [1.165, 1.54) is 6.92 Å². The molecule has 0 aliphatic rings. The van der Waals surface area contributed by atoms with Crippen LogP contribution in [0.5, 0.6) is 0 Å². The molecule has 1 heterocycles. The van der Waals surface area contributed by atoms with Crippen LogP contribution in [0.1, 0.15) is 28.9 Å². The minimum atomic E-state index is -1.19. The van der Waals surface area contributed by atoms with Gasteiger partial charge in [0.2, 0.25) is 5.91 Å². The number of hydrogen-bond donors (Lipinski definition) is 4. The van der Waals surface area contributed by atoms with Crippen LogP contribution in [-0.2, 0) is 4.79 Å². The molecular formula is C14H16N2O4. The van der Waals surface area contributed by atoms with Crippen molar-refractivity contribution < 1.29 is 19.8 Å². The summed E-state index contributed by atoms with van der Waals surface area (Å²) in [6.45, 7) is 1.27. The fourth-order valence-corrected chi connectivity index (χ4v) is 2.15. The summed E-state index contributed by atoms with van der Waals surface area (Å²) in [5, 5.41) is 23.1. The lowest BCUT2D eigenvalue weighted by Crippen LogP contribution is -2.34. The Morgan fingerprint density at radius 2 is 2.20 bits per heavy atom. The van der Waals surface area contributed by atoms with E-state index in [1.807, 2.05) is 0 Å². The molecule has 0 aliphatic carbocycles. The summed E-state index contributed by atoms with van der Waals surface area (Å²) < 4.78 is 0. The van der Waals surface area contributed by atoms with Crippen molar-refractivity contribution in [2.75, 3.05) is 6.54 Å². The van der Waals surface area contributed by atoms with E-state index in [-0.39, 0.29) is 12.5 Å². The van der Waals surface area contributed by atoms with Crippen LogP contribution in [0.25, 0.3) is 10.9 Å². The van der Waals surface area contributed by atoms with Gasteiger partial charge in [0.15, 0.2) is 6.29 Å². The summed E-state index contributed by atoms with van der Waals surface area (Å²) >= 11 is 0. The first-order valence-corrected chi connectivity index (χ1v) is 6.20. The van der Waals surface area contributed by atoms with Gasteiger partial charge in [-0.1, -0.05) is 12.1 Å². The van der Waals surface area contributed by atoms with Crippen LogP contribution < -0.4 is 5.32 Å². The highest BCUT2D eigenvalue weighted by molar-refractivity contribution is 5.99. The van der Waals surface area contributed by atoms with Gasteiger partial charge in [0.1, 0.15) is 12.2 Å². The third kappa shape index (κ3) is 2.71. The first-order chi connectivity index (χ1) is 9.54. The molecule has 0 fully saturated rings. The van der Waals surface area contributed by atoms with Crippen molar-refractivity contribution in [2.24, 2.45) is 0 Å². The largest absolute Gasteiger partial charge is 0.388 e. The van der Waals surface area contributed by atoms with Crippen molar-refractivity contribution in [3.05, 3.63) is 35.5 Å². The van der Waals surface area contributed by atoms with E-state index in [2.05, 4.69) is 10.3 Å². The molecule has 20 heavy (non-hydrogen) atoms. The predicted molar refractivity (Wildman–Crippen MR) is 73.3 cm³/mol. The number of aliphatic hydroxyl groups is 2. The number of aromatic amines is 1. The van der Waals surface area contributed by atoms with Gasteiger partial charge < -0.3 is 20.5 Å². The first-order valence-electron chi connectivity index (χ1n) is 6.20. The number of benzene rings is 1. The van der Waals surface area contributed by atoms with E-state index in [9.17, 15) is 19.8 Å². The Hall–Kier alpha value is -2.18. The number of aromatic nitrogens is 1. The summed E-state index contributed by atoms with van der Waals surface area (Å²) in [7, 11) is 0. The second-order valence-electron chi connectivity index (χ2n) is 4.58. The van der Waals surface area contributed by atoms with Gasteiger partial charge >= 0.3 is 0 Å². The third-order valence-electron chi connectivity index (χ3n) is 3.14. The molecule has 6 heteroatoms. The zero-order valence-corrected chi connectivity index (χ0v) is 11.0. The molecular weight excluding hydrogens is 260 g/mol. The Labute approximate surface area is 115 Å². The molecule has 1 aromatic carbocycles. The second-order valence-corrected chi connectivity index (χ2v) is 4.58. The molecule has 2 rings (SSSR count). The highest BCUT2D eigenvalue weighted by atomic mass is 16.3. The van der Waals surface area contributed by atoms with E-state index in [4.69, 9.17) is 0 Å². The van der Waals surface area contributed by atoms with Crippen molar-refractivity contribution in [1.29, 1.82) is 0 Å². The lowest BCUT2D eigenvalue weighted by Gasteiger charge is -2.19. The maximum Gasteiger partial charge on any atom is 0.216 e. The SMILES string of the molecule is CC(=O)NCC(O)C(O)c1cccc2[nH]cc(C=O)c12. The van der Waals surface area contributed by atoms with E-state index in [0.717, 1.165) is 0 Å². The molecule has 0 spiro atoms. The van der Waals surface area contributed by atoms with E-state index in [1.54, 1.807) is 24.4 Å². The Balaban J connectivity index is 2.33. The van der Waals surface area contributed by atoms with E-state index in [0.29, 0.717) is 28.3 Å². The van der Waals surface area contributed by atoms with Gasteiger partial charge in [0.25, 0.3) is 0 Å². The van der Waals surface area contributed by atoms with Gasteiger partial charge in [-0.2, -0.15) is 0 Å². The first kappa shape index (κ1) is 14.2. The number of aldehydes is 1. The van der Waals surface area contributed by atoms with Crippen LogP contribution in [0, 0.1) is 0 Å². The molecule has 106 valence electrons. The molecule has 4 N–H and O–H groups in total. The topological polar surface area (TPSA) is 102 Å². The fourth-order valence-electron chi connectivity index (χ4n) is 2.15. The normalized spacial score (nSPS) is 13.9. The van der Waals surface area contributed by atoms with Crippen molar-refractivity contribution in [3.63, 3.8) is 0 Å². The number of aliphatic hydroxyl groups excluding tert-OH is 2. The number of nitrogens with one attached hydrogen (secondary N) is 2. The maximum atomic E-state index is 11.0. The monoisotopic (exact) mass is 276 g/mol. The third-order valence-corrected chi connectivity index (χ3v) is 3.14. The summed E-state index contributed by atoms with van der Waals surface area (Å²) in [5.41, 5.74) is 1.57. The standard InChI is InChI=1S/C14H16N2O4/c1-8(18)15-6-12(19)14(20)10-3-2-4-11-13(10)9(7-17)5-16-11/h2-5,7,12,14,16,19-20H,6H2,1H3,(H,15,18). The number of hydrogen-bond acceptors (Lipinski definition) is 4. The average Bonchev–Trinajstić information content (AvgIpc) is 2.86. The van der Waals surface area contributed by atoms with Gasteiger partial charge in [0, 0.05) is 36.1 Å². The minimum absolute atomic E-state index is 0.0618. The van der Waals surface area contributed by atoms with Crippen LogP contribution in [0.3, 0.4) is 0 Å². The fraction of sp³-hybridized carbons (Fsp3) is 0.286. The minimum Gasteiger partial charge on any atom is -0.388 e. The molecule has 1 amide bonds. The molecule has 0 saturated carbocycles. The van der Waals surface area contributed by atoms with Crippen LogP contribution in [0.2, 0.25) is 0 Å². The lowest BCUT2D eigenvalue weighted by molar-refractivity contribution is -0.119. The lowest BCUT2D eigenvalue weighted by atomic mass is 9.98. The van der Waals surface area contributed by atoms with Crippen LogP contribution >= 0.6 is 0 Å². The molecule has 6 nitrogen and oxygen atoms in total. The number of H-pyrrole nitrogens is 1. The van der Waals surface area contributed by atoms with Crippen LogP contribution in [0.4, 0.5) is 0 Å². The zero-order valence-electron chi connectivity index (χ0n) is 11.0. The maximum absolute atomic E-state index is 11.0. The number of rotatable bonds is 5. The smallest absolute Gasteiger partial charge is 0.216 e. The average molecular weight is 276 g/mol. The quantitative estimate of drug-likeness (QED) is 0.597. The van der Waals surface area contributed by atoms with E-state index >= 15 is 0 Å². The number of carbonyl (C=O) groups is 2. The Morgan fingerprint density at radius 1 is 1.45 bits per heavy atom.